The summed E-state index contributed by atoms with van der Waals surface area (Å²) in [5.41, 5.74) is 0.689. The Balaban J connectivity index is 1.60. The molecule has 0 saturated carbocycles. The number of para-hydroxylation sites is 1. The maximum atomic E-state index is 12.5. The number of nitrogens with zero attached hydrogens (tertiary/aromatic N) is 1. The Morgan fingerprint density at radius 3 is 2.40 bits per heavy atom. The van der Waals surface area contributed by atoms with Crippen LogP contribution in [0.1, 0.15) is 29.3 Å². The molecular weight excluding hydrogens is 318 g/mol. The van der Waals surface area contributed by atoms with E-state index in [4.69, 9.17) is 4.74 Å². The van der Waals surface area contributed by atoms with Crippen LogP contribution in [0.5, 0.6) is 5.75 Å². The van der Waals surface area contributed by atoms with Crippen LogP contribution in [0, 0.1) is 5.41 Å². The van der Waals surface area contributed by atoms with E-state index in [1.54, 1.807) is 24.0 Å². The minimum atomic E-state index is -0.851. The SMILES string of the molecule is CC1(C(=O)O)CCN(C(=O)c2ccc(COc3ccccc3)cc2)C1. The first-order valence-electron chi connectivity index (χ1n) is 8.27. The predicted octanol–water partition coefficient (Wildman–Crippen LogP) is 3.20. The third-order valence-corrected chi connectivity index (χ3v) is 4.63. The summed E-state index contributed by atoms with van der Waals surface area (Å²) in [5, 5.41) is 9.28. The molecule has 1 amide bonds. The second kappa shape index (κ2) is 6.97. The van der Waals surface area contributed by atoms with Crippen molar-refractivity contribution in [1.82, 2.24) is 4.90 Å². The van der Waals surface area contributed by atoms with Gasteiger partial charge in [0.15, 0.2) is 0 Å². The summed E-state index contributed by atoms with van der Waals surface area (Å²) in [4.78, 5) is 25.5. The number of amides is 1. The number of carbonyl (C=O) groups excluding carboxylic acids is 1. The lowest BCUT2D eigenvalue weighted by atomic mass is 9.90. The highest BCUT2D eigenvalue weighted by Crippen LogP contribution is 2.31. The highest BCUT2D eigenvalue weighted by atomic mass is 16.5. The summed E-state index contributed by atoms with van der Waals surface area (Å²) in [7, 11) is 0. The summed E-state index contributed by atoms with van der Waals surface area (Å²) in [5.74, 6) is -0.176. The summed E-state index contributed by atoms with van der Waals surface area (Å²) in [6.45, 7) is 2.84. The number of hydrogen-bond donors (Lipinski definition) is 1. The molecule has 2 aromatic rings. The molecule has 1 fully saturated rings. The Morgan fingerprint density at radius 2 is 1.80 bits per heavy atom. The molecule has 0 radical (unpaired) electrons. The fourth-order valence-electron chi connectivity index (χ4n) is 2.92. The maximum absolute atomic E-state index is 12.5. The van der Waals surface area contributed by atoms with Gasteiger partial charge in [-0.25, -0.2) is 0 Å². The first kappa shape index (κ1) is 17.0. The molecule has 0 bridgehead atoms. The van der Waals surface area contributed by atoms with Crippen molar-refractivity contribution >= 4 is 11.9 Å². The molecule has 1 N–H and O–H groups in total. The third kappa shape index (κ3) is 3.82. The number of benzene rings is 2. The number of carbonyl (C=O) groups is 2. The third-order valence-electron chi connectivity index (χ3n) is 4.63. The van der Waals surface area contributed by atoms with Gasteiger partial charge in [0, 0.05) is 18.7 Å². The van der Waals surface area contributed by atoms with Gasteiger partial charge in [-0.05, 0) is 43.2 Å². The quantitative estimate of drug-likeness (QED) is 0.908. The van der Waals surface area contributed by atoms with Crippen LogP contribution in [0.15, 0.2) is 54.6 Å². The molecule has 1 atom stereocenters. The zero-order chi connectivity index (χ0) is 17.9. The first-order chi connectivity index (χ1) is 12.0. The van der Waals surface area contributed by atoms with Gasteiger partial charge in [0.25, 0.3) is 5.91 Å². The molecule has 5 nitrogen and oxygen atoms in total. The lowest BCUT2D eigenvalue weighted by molar-refractivity contribution is -0.147. The Morgan fingerprint density at radius 1 is 1.12 bits per heavy atom. The van der Waals surface area contributed by atoms with Gasteiger partial charge in [-0.15, -0.1) is 0 Å². The van der Waals surface area contributed by atoms with E-state index in [2.05, 4.69) is 0 Å². The Labute approximate surface area is 146 Å². The second-order valence-electron chi connectivity index (χ2n) is 6.64. The molecule has 0 aliphatic carbocycles. The molecule has 25 heavy (non-hydrogen) atoms. The van der Waals surface area contributed by atoms with Crippen molar-refractivity contribution in [3.05, 3.63) is 65.7 Å². The van der Waals surface area contributed by atoms with Gasteiger partial charge in [0.05, 0.1) is 5.41 Å². The number of aliphatic carboxylic acids is 1. The molecule has 1 unspecified atom stereocenters. The van der Waals surface area contributed by atoms with E-state index in [-0.39, 0.29) is 12.5 Å². The number of hydrogen-bond acceptors (Lipinski definition) is 3. The van der Waals surface area contributed by atoms with Crippen LogP contribution in [-0.4, -0.2) is 35.0 Å². The van der Waals surface area contributed by atoms with Crippen LogP contribution in [0.2, 0.25) is 0 Å². The monoisotopic (exact) mass is 339 g/mol. The fraction of sp³-hybridized carbons (Fsp3) is 0.300. The minimum absolute atomic E-state index is 0.125. The lowest BCUT2D eigenvalue weighted by Gasteiger charge is -2.20. The lowest BCUT2D eigenvalue weighted by Crippen LogP contribution is -2.34. The van der Waals surface area contributed by atoms with Crippen LogP contribution in [-0.2, 0) is 11.4 Å². The Kier molecular flexibility index (Phi) is 4.74. The molecular formula is C20H21NO4. The van der Waals surface area contributed by atoms with Gasteiger partial charge < -0.3 is 14.7 Å². The molecule has 130 valence electrons. The molecule has 3 rings (SSSR count). The molecule has 0 spiro atoms. The van der Waals surface area contributed by atoms with Crippen molar-refractivity contribution in [2.24, 2.45) is 5.41 Å². The van der Waals surface area contributed by atoms with Crippen LogP contribution in [0.4, 0.5) is 0 Å². The van der Waals surface area contributed by atoms with Crippen LogP contribution >= 0.6 is 0 Å². The van der Waals surface area contributed by atoms with E-state index < -0.39 is 11.4 Å². The number of rotatable bonds is 5. The van der Waals surface area contributed by atoms with Crippen molar-refractivity contribution < 1.29 is 19.4 Å². The smallest absolute Gasteiger partial charge is 0.311 e. The van der Waals surface area contributed by atoms with E-state index >= 15 is 0 Å². The summed E-state index contributed by atoms with van der Waals surface area (Å²) in [6, 6.07) is 16.8. The topological polar surface area (TPSA) is 66.8 Å². The molecule has 5 heteroatoms. The van der Waals surface area contributed by atoms with Crippen molar-refractivity contribution in [2.75, 3.05) is 13.1 Å². The number of likely N-dealkylation sites (tertiary alicyclic amines) is 1. The number of ether oxygens (including phenoxy) is 1. The molecule has 1 heterocycles. The molecule has 1 aliphatic heterocycles. The van der Waals surface area contributed by atoms with Crippen molar-refractivity contribution in [3.8, 4) is 5.75 Å². The summed E-state index contributed by atoms with van der Waals surface area (Å²) >= 11 is 0. The zero-order valence-electron chi connectivity index (χ0n) is 14.1. The van der Waals surface area contributed by atoms with E-state index in [1.165, 1.54) is 0 Å². The van der Waals surface area contributed by atoms with Crippen molar-refractivity contribution in [3.63, 3.8) is 0 Å². The van der Waals surface area contributed by atoms with Crippen LogP contribution in [0.3, 0.4) is 0 Å². The standard InChI is InChI=1S/C20H21NO4/c1-20(19(23)24)11-12-21(14-20)18(22)16-9-7-15(8-10-16)13-25-17-5-3-2-4-6-17/h2-10H,11-14H2,1H3,(H,23,24). The molecule has 0 aromatic heterocycles. The van der Waals surface area contributed by atoms with E-state index in [9.17, 15) is 14.7 Å². The second-order valence-corrected chi connectivity index (χ2v) is 6.64. The van der Waals surface area contributed by atoms with Gasteiger partial charge in [0.2, 0.25) is 0 Å². The number of carboxylic acids is 1. The number of carboxylic acid groups (broad SMARTS) is 1. The Hall–Kier alpha value is -2.82. The average molecular weight is 339 g/mol. The highest BCUT2D eigenvalue weighted by molar-refractivity contribution is 5.95. The normalized spacial score (nSPS) is 19.6. The van der Waals surface area contributed by atoms with E-state index in [1.807, 2.05) is 42.5 Å². The maximum Gasteiger partial charge on any atom is 0.311 e. The summed E-state index contributed by atoms with van der Waals surface area (Å²) < 4.78 is 5.69. The first-order valence-corrected chi connectivity index (χ1v) is 8.27. The van der Waals surface area contributed by atoms with Crippen LogP contribution < -0.4 is 4.74 Å². The fourth-order valence-corrected chi connectivity index (χ4v) is 2.92. The molecule has 1 aliphatic rings. The van der Waals surface area contributed by atoms with Crippen molar-refractivity contribution in [2.45, 2.75) is 20.0 Å². The van der Waals surface area contributed by atoms with Gasteiger partial charge >= 0.3 is 5.97 Å². The van der Waals surface area contributed by atoms with Gasteiger partial charge in [-0.1, -0.05) is 30.3 Å². The van der Waals surface area contributed by atoms with Crippen molar-refractivity contribution in [1.29, 1.82) is 0 Å². The molecule has 2 aromatic carbocycles. The van der Waals surface area contributed by atoms with Gasteiger partial charge in [-0.2, -0.15) is 0 Å². The average Bonchev–Trinajstić information content (AvgIpc) is 3.04. The van der Waals surface area contributed by atoms with E-state index in [0.29, 0.717) is 25.1 Å². The molecule has 1 saturated heterocycles. The van der Waals surface area contributed by atoms with Crippen LogP contribution in [0.25, 0.3) is 0 Å². The predicted molar refractivity (Wildman–Crippen MR) is 93.5 cm³/mol. The van der Waals surface area contributed by atoms with Gasteiger partial charge in [-0.3, -0.25) is 9.59 Å². The van der Waals surface area contributed by atoms with Gasteiger partial charge in [0.1, 0.15) is 12.4 Å². The largest absolute Gasteiger partial charge is 0.489 e. The minimum Gasteiger partial charge on any atom is -0.489 e. The Bertz CT molecular complexity index is 757. The summed E-state index contributed by atoms with van der Waals surface area (Å²) in [6.07, 6.45) is 0.483. The zero-order valence-corrected chi connectivity index (χ0v) is 14.1. The van der Waals surface area contributed by atoms with E-state index in [0.717, 1.165) is 11.3 Å². The highest BCUT2D eigenvalue weighted by Gasteiger charge is 2.42.